The Bertz CT molecular complexity index is 458. The number of carbonyl (C=O) groups is 2. The number of carbonyl (C=O) groups excluding carboxylic acids is 2. The minimum Gasteiger partial charge on any atom is -0.350 e. The topological polar surface area (TPSA) is 55.9 Å². The summed E-state index contributed by atoms with van der Waals surface area (Å²) < 4.78 is 0. The molecule has 2 heterocycles. The summed E-state index contributed by atoms with van der Waals surface area (Å²) in [6, 6.07) is 0.383. The fraction of sp³-hybridized carbons (Fsp3) is 0.895. The molecular formula is C19H36N4O2. The van der Waals surface area contributed by atoms with Crippen LogP contribution in [-0.2, 0) is 9.59 Å². The molecule has 0 aromatic rings. The van der Waals surface area contributed by atoms with Gasteiger partial charge in [0.05, 0.1) is 13.1 Å². The highest BCUT2D eigenvalue weighted by Gasteiger charge is 2.27. The van der Waals surface area contributed by atoms with Crippen molar-refractivity contribution in [2.75, 3.05) is 45.8 Å². The molecule has 2 amide bonds. The highest BCUT2D eigenvalue weighted by atomic mass is 16.2. The number of likely N-dealkylation sites (tertiary alicyclic amines) is 1. The van der Waals surface area contributed by atoms with Crippen molar-refractivity contribution in [3.05, 3.63) is 0 Å². The minimum absolute atomic E-state index is 0.0958. The molecule has 2 rings (SSSR count). The second kappa shape index (κ2) is 8.99. The largest absolute Gasteiger partial charge is 0.350 e. The summed E-state index contributed by atoms with van der Waals surface area (Å²) in [6.07, 6.45) is 4.42. The lowest BCUT2D eigenvalue weighted by molar-refractivity contribution is -0.136. The Hall–Kier alpha value is -1.14. The highest BCUT2D eigenvalue weighted by Crippen LogP contribution is 2.17. The van der Waals surface area contributed by atoms with E-state index in [1.807, 2.05) is 0 Å². The first-order valence-electron chi connectivity index (χ1n) is 9.86. The molecule has 1 N–H and O–H groups in total. The van der Waals surface area contributed by atoms with Crippen molar-refractivity contribution in [3.63, 3.8) is 0 Å². The van der Waals surface area contributed by atoms with Gasteiger partial charge in [0, 0.05) is 44.3 Å². The lowest BCUT2D eigenvalue weighted by Crippen LogP contribution is -2.54. The van der Waals surface area contributed by atoms with Crippen LogP contribution in [0.2, 0.25) is 0 Å². The molecule has 2 aliphatic rings. The van der Waals surface area contributed by atoms with E-state index < -0.39 is 0 Å². The molecule has 6 nitrogen and oxygen atoms in total. The van der Waals surface area contributed by atoms with Crippen molar-refractivity contribution in [1.29, 1.82) is 0 Å². The summed E-state index contributed by atoms with van der Waals surface area (Å²) in [4.78, 5) is 31.2. The van der Waals surface area contributed by atoms with Gasteiger partial charge in [-0.2, -0.15) is 0 Å². The van der Waals surface area contributed by atoms with Crippen LogP contribution in [-0.4, -0.2) is 83.9 Å². The zero-order valence-electron chi connectivity index (χ0n) is 16.5. The SMILES string of the molecule is CCC(C)(C)NC(=O)CN1CCN(CC(=O)N2CCCCC2C)CC1. The van der Waals surface area contributed by atoms with E-state index in [9.17, 15) is 9.59 Å². The molecule has 2 fully saturated rings. The quantitative estimate of drug-likeness (QED) is 0.783. The van der Waals surface area contributed by atoms with Crippen LogP contribution < -0.4 is 5.32 Å². The maximum Gasteiger partial charge on any atom is 0.236 e. The third-order valence-electron chi connectivity index (χ3n) is 5.68. The summed E-state index contributed by atoms with van der Waals surface area (Å²) in [7, 11) is 0. The first-order valence-corrected chi connectivity index (χ1v) is 9.86. The van der Waals surface area contributed by atoms with Gasteiger partial charge in [-0.25, -0.2) is 0 Å². The van der Waals surface area contributed by atoms with Crippen molar-refractivity contribution in [2.45, 2.75) is 65.0 Å². The second-order valence-electron chi connectivity index (χ2n) is 8.27. The zero-order chi connectivity index (χ0) is 18.4. The molecule has 6 heteroatoms. The van der Waals surface area contributed by atoms with Crippen molar-refractivity contribution < 1.29 is 9.59 Å². The van der Waals surface area contributed by atoms with Crippen molar-refractivity contribution >= 4 is 11.8 Å². The maximum atomic E-state index is 12.5. The number of nitrogens with one attached hydrogen (secondary N) is 1. The molecule has 0 aromatic carbocycles. The van der Waals surface area contributed by atoms with Crippen LogP contribution in [0.15, 0.2) is 0 Å². The third-order valence-corrected chi connectivity index (χ3v) is 5.68. The predicted octanol–water partition coefficient (Wildman–Crippen LogP) is 1.31. The Kier molecular flexibility index (Phi) is 7.25. The molecule has 0 aromatic heterocycles. The van der Waals surface area contributed by atoms with Crippen LogP contribution >= 0.6 is 0 Å². The van der Waals surface area contributed by atoms with Crippen LogP contribution in [0.5, 0.6) is 0 Å². The monoisotopic (exact) mass is 352 g/mol. The molecule has 0 aliphatic carbocycles. The summed E-state index contributed by atoms with van der Waals surface area (Å²) in [5, 5.41) is 3.09. The van der Waals surface area contributed by atoms with Crippen LogP contribution in [0.25, 0.3) is 0 Å². The summed E-state index contributed by atoms with van der Waals surface area (Å²) in [5.41, 5.74) is -0.142. The summed E-state index contributed by atoms with van der Waals surface area (Å²) >= 11 is 0. The number of hydrogen-bond acceptors (Lipinski definition) is 4. The van der Waals surface area contributed by atoms with E-state index in [2.05, 4.69) is 47.7 Å². The number of rotatable bonds is 6. The van der Waals surface area contributed by atoms with E-state index in [1.165, 1.54) is 6.42 Å². The van der Waals surface area contributed by atoms with E-state index in [4.69, 9.17) is 0 Å². The lowest BCUT2D eigenvalue weighted by Gasteiger charge is -2.38. The van der Waals surface area contributed by atoms with E-state index in [0.717, 1.165) is 52.0 Å². The van der Waals surface area contributed by atoms with E-state index >= 15 is 0 Å². The molecule has 2 saturated heterocycles. The van der Waals surface area contributed by atoms with Gasteiger partial charge in [0.1, 0.15) is 0 Å². The molecule has 25 heavy (non-hydrogen) atoms. The Morgan fingerprint density at radius 1 is 1.00 bits per heavy atom. The van der Waals surface area contributed by atoms with E-state index in [1.54, 1.807) is 0 Å². The molecule has 144 valence electrons. The molecule has 1 atom stereocenters. The van der Waals surface area contributed by atoms with E-state index in [-0.39, 0.29) is 17.4 Å². The number of piperazine rings is 1. The van der Waals surface area contributed by atoms with Gasteiger partial charge in [0.2, 0.25) is 11.8 Å². The Balaban J connectivity index is 1.70. The van der Waals surface area contributed by atoms with Gasteiger partial charge in [0.15, 0.2) is 0 Å². The van der Waals surface area contributed by atoms with Crippen LogP contribution in [0.4, 0.5) is 0 Å². The normalized spacial score (nSPS) is 23.5. The molecule has 0 bridgehead atoms. The summed E-state index contributed by atoms with van der Waals surface area (Å²) in [5.74, 6) is 0.363. The van der Waals surface area contributed by atoms with Gasteiger partial charge >= 0.3 is 0 Å². The molecule has 0 saturated carbocycles. The highest BCUT2D eigenvalue weighted by molar-refractivity contribution is 5.79. The third kappa shape index (κ3) is 6.26. The predicted molar refractivity (Wildman–Crippen MR) is 100 cm³/mol. The number of nitrogens with zero attached hydrogens (tertiary/aromatic N) is 3. The average molecular weight is 353 g/mol. The number of piperidine rings is 1. The smallest absolute Gasteiger partial charge is 0.236 e. The zero-order valence-corrected chi connectivity index (χ0v) is 16.5. The van der Waals surface area contributed by atoms with Gasteiger partial charge in [-0.15, -0.1) is 0 Å². The maximum absolute atomic E-state index is 12.5. The Morgan fingerprint density at radius 3 is 2.16 bits per heavy atom. The fourth-order valence-electron chi connectivity index (χ4n) is 3.56. The Morgan fingerprint density at radius 2 is 1.60 bits per heavy atom. The van der Waals surface area contributed by atoms with Crippen molar-refractivity contribution in [3.8, 4) is 0 Å². The standard InChI is InChI=1S/C19H36N4O2/c1-5-19(3,4)20-17(24)14-21-10-12-22(13-11-21)15-18(25)23-9-7-6-8-16(23)2/h16H,5-15H2,1-4H3,(H,20,24). The summed E-state index contributed by atoms with van der Waals surface area (Å²) in [6.45, 7) is 13.6. The number of hydrogen-bond donors (Lipinski definition) is 1. The second-order valence-corrected chi connectivity index (χ2v) is 8.27. The first kappa shape index (κ1) is 20.2. The van der Waals surface area contributed by atoms with Crippen LogP contribution in [0.1, 0.15) is 53.4 Å². The fourth-order valence-corrected chi connectivity index (χ4v) is 3.56. The van der Waals surface area contributed by atoms with Crippen LogP contribution in [0.3, 0.4) is 0 Å². The van der Waals surface area contributed by atoms with Gasteiger partial charge in [-0.3, -0.25) is 19.4 Å². The van der Waals surface area contributed by atoms with Crippen molar-refractivity contribution in [1.82, 2.24) is 20.0 Å². The van der Waals surface area contributed by atoms with Gasteiger partial charge in [-0.1, -0.05) is 6.92 Å². The average Bonchev–Trinajstić information content (AvgIpc) is 2.56. The minimum atomic E-state index is -0.142. The van der Waals surface area contributed by atoms with E-state index in [0.29, 0.717) is 19.1 Å². The number of amides is 2. The van der Waals surface area contributed by atoms with Gasteiger partial charge < -0.3 is 10.2 Å². The van der Waals surface area contributed by atoms with Gasteiger partial charge in [0.25, 0.3) is 0 Å². The molecular weight excluding hydrogens is 316 g/mol. The lowest BCUT2D eigenvalue weighted by atomic mass is 10.0. The molecule has 0 radical (unpaired) electrons. The molecule has 0 spiro atoms. The first-order chi connectivity index (χ1) is 11.8. The molecule has 1 unspecified atom stereocenters. The van der Waals surface area contributed by atoms with Gasteiger partial charge in [-0.05, 0) is 46.5 Å². The van der Waals surface area contributed by atoms with Crippen LogP contribution in [0, 0.1) is 0 Å². The molecule has 2 aliphatic heterocycles. The van der Waals surface area contributed by atoms with Crippen molar-refractivity contribution in [2.24, 2.45) is 0 Å². The Labute approximate surface area is 152 Å².